The van der Waals surface area contributed by atoms with E-state index in [0.717, 1.165) is 22.6 Å². The van der Waals surface area contributed by atoms with Gasteiger partial charge in [-0.3, -0.25) is 5.10 Å². The minimum Gasteiger partial charge on any atom is -0.321 e. The van der Waals surface area contributed by atoms with Crippen molar-refractivity contribution < 1.29 is 0 Å². The zero-order valence-corrected chi connectivity index (χ0v) is 12.4. The third-order valence-corrected chi connectivity index (χ3v) is 4.14. The molecule has 0 unspecified atom stereocenters. The minimum absolute atomic E-state index is 0.0550. The van der Waals surface area contributed by atoms with Crippen LogP contribution in [0.3, 0.4) is 0 Å². The van der Waals surface area contributed by atoms with Crippen molar-refractivity contribution in [3.05, 3.63) is 24.0 Å². The topological polar surface area (TPSA) is 59.4 Å². The molecule has 0 amide bonds. The highest BCUT2D eigenvalue weighted by atomic mass is 32.2. The predicted molar refractivity (Wildman–Crippen MR) is 75.1 cm³/mol. The highest BCUT2D eigenvalue weighted by molar-refractivity contribution is 7.98. The van der Waals surface area contributed by atoms with Gasteiger partial charge in [0.2, 0.25) is 0 Å². The van der Waals surface area contributed by atoms with Gasteiger partial charge in [-0.25, -0.2) is 9.97 Å². The molecule has 1 aliphatic carbocycles. The molecular formula is C13H19N5S. The van der Waals surface area contributed by atoms with Crippen molar-refractivity contribution in [1.29, 1.82) is 0 Å². The molecule has 0 radical (unpaired) electrons. The summed E-state index contributed by atoms with van der Waals surface area (Å²) in [5.74, 6) is 3.31. The Morgan fingerprint density at radius 3 is 2.89 bits per heavy atom. The van der Waals surface area contributed by atoms with E-state index in [1.54, 1.807) is 11.8 Å². The molecule has 0 bridgehead atoms. The molecule has 2 aromatic rings. The summed E-state index contributed by atoms with van der Waals surface area (Å²) in [5.41, 5.74) is 0.0550. The van der Waals surface area contributed by atoms with Crippen molar-refractivity contribution in [3.8, 4) is 0 Å². The number of rotatable bonds is 4. The van der Waals surface area contributed by atoms with E-state index in [1.807, 2.05) is 12.4 Å². The van der Waals surface area contributed by atoms with Crippen LogP contribution < -0.4 is 0 Å². The van der Waals surface area contributed by atoms with Crippen LogP contribution in [0.15, 0.2) is 17.6 Å². The zero-order valence-electron chi connectivity index (χ0n) is 11.6. The summed E-state index contributed by atoms with van der Waals surface area (Å²) in [5, 5.41) is 8.33. The van der Waals surface area contributed by atoms with Crippen LogP contribution in [-0.2, 0) is 11.3 Å². The Balaban J connectivity index is 1.66. The van der Waals surface area contributed by atoms with Gasteiger partial charge in [0.1, 0.15) is 5.82 Å². The first-order valence-corrected chi connectivity index (χ1v) is 7.60. The molecule has 1 saturated carbocycles. The summed E-state index contributed by atoms with van der Waals surface area (Å²) in [6.07, 6.45) is 6.35. The molecule has 0 spiro atoms. The van der Waals surface area contributed by atoms with Crippen molar-refractivity contribution in [2.75, 3.05) is 0 Å². The Kier molecular flexibility index (Phi) is 3.12. The molecule has 0 atom stereocenters. The molecule has 1 N–H and O–H groups in total. The van der Waals surface area contributed by atoms with Gasteiger partial charge in [0.05, 0.1) is 5.75 Å². The van der Waals surface area contributed by atoms with E-state index in [4.69, 9.17) is 0 Å². The molecule has 1 fully saturated rings. The fourth-order valence-electron chi connectivity index (χ4n) is 1.94. The van der Waals surface area contributed by atoms with Crippen molar-refractivity contribution in [1.82, 2.24) is 24.7 Å². The van der Waals surface area contributed by atoms with Crippen LogP contribution in [-0.4, -0.2) is 24.7 Å². The number of nitrogens with zero attached hydrogens (tertiary/aromatic N) is 4. The van der Waals surface area contributed by atoms with Crippen LogP contribution in [0.5, 0.6) is 0 Å². The van der Waals surface area contributed by atoms with Gasteiger partial charge >= 0.3 is 0 Å². The number of hydrogen-bond acceptors (Lipinski definition) is 4. The summed E-state index contributed by atoms with van der Waals surface area (Å²) in [6, 6.07) is 0. The van der Waals surface area contributed by atoms with Gasteiger partial charge in [-0.15, -0.1) is 0 Å². The predicted octanol–water partition coefficient (Wildman–Crippen LogP) is 2.93. The highest BCUT2D eigenvalue weighted by Crippen LogP contribution is 2.38. The average molecular weight is 277 g/mol. The molecule has 19 heavy (non-hydrogen) atoms. The van der Waals surface area contributed by atoms with Crippen LogP contribution in [0.1, 0.15) is 51.2 Å². The molecule has 0 saturated heterocycles. The Hall–Kier alpha value is -1.30. The second-order valence-electron chi connectivity index (χ2n) is 5.95. The van der Waals surface area contributed by atoms with Crippen molar-refractivity contribution in [2.45, 2.75) is 56.0 Å². The lowest BCUT2D eigenvalue weighted by Crippen LogP contribution is -2.21. The fourth-order valence-corrected chi connectivity index (χ4v) is 2.94. The first-order chi connectivity index (χ1) is 9.04. The maximum absolute atomic E-state index is 4.54. The van der Waals surface area contributed by atoms with E-state index in [2.05, 4.69) is 45.5 Å². The second-order valence-corrected chi connectivity index (χ2v) is 6.90. The van der Waals surface area contributed by atoms with E-state index in [1.165, 1.54) is 12.8 Å². The van der Waals surface area contributed by atoms with Gasteiger partial charge < -0.3 is 4.57 Å². The van der Waals surface area contributed by atoms with Crippen LogP contribution in [0.4, 0.5) is 0 Å². The molecule has 2 heterocycles. The van der Waals surface area contributed by atoms with E-state index in [0.29, 0.717) is 5.92 Å². The molecule has 0 aromatic carbocycles. The number of imidazole rings is 1. The lowest BCUT2D eigenvalue weighted by Gasteiger charge is -2.22. The third-order valence-electron chi connectivity index (χ3n) is 3.16. The van der Waals surface area contributed by atoms with Crippen molar-refractivity contribution >= 4 is 11.8 Å². The maximum atomic E-state index is 4.54. The third kappa shape index (κ3) is 2.83. The SMILES string of the molecule is CC(C)(C)n1ccnc1SCc1nc(C2CC2)n[nH]1. The first kappa shape index (κ1) is 12.7. The molecule has 2 aromatic heterocycles. The quantitative estimate of drug-likeness (QED) is 0.873. The molecular weight excluding hydrogens is 258 g/mol. The molecule has 0 aliphatic heterocycles. The number of nitrogens with one attached hydrogen (secondary N) is 1. The molecule has 6 heteroatoms. The first-order valence-electron chi connectivity index (χ1n) is 6.62. The Morgan fingerprint density at radius 2 is 2.21 bits per heavy atom. The van der Waals surface area contributed by atoms with Gasteiger partial charge in [-0.2, -0.15) is 5.10 Å². The van der Waals surface area contributed by atoms with E-state index < -0.39 is 0 Å². The normalized spacial score (nSPS) is 15.9. The van der Waals surface area contributed by atoms with Crippen LogP contribution in [0, 0.1) is 0 Å². The second kappa shape index (κ2) is 4.67. The number of thioether (sulfide) groups is 1. The molecule has 3 rings (SSSR count). The van der Waals surface area contributed by atoms with Gasteiger partial charge in [0.25, 0.3) is 0 Å². The van der Waals surface area contributed by atoms with Gasteiger partial charge in [0, 0.05) is 23.9 Å². The monoisotopic (exact) mass is 277 g/mol. The average Bonchev–Trinajstić information content (AvgIpc) is 2.91. The number of hydrogen-bond donors (Lipinski definition) is 1. The maximum Gasteiger partial charge on any atom is 0.168 e. The van der Waals surface area contributed by atoms with Crippen molar-refractivity contribution in [2.24, 2.45) is 0 Å². The van der Waals surface area contributed by atoms with Gasteiger partial charge in [-0.05, 0) is 33.6 Å². The molecule has 1 aliphatic rings. The number of aromatic amines is 1. The number of H-pyrrole nitrogens is 1. The minimum atomic E-state index is 0.0550. The van der Waals surface area contributed by atoms with E-state index >= 15 is 0 Å². The van der Waals surface area contributed by atoms with E-state index in [9.17, 15) is 0 Å². The molecule has 102 valence electrons. The van der Waals surface area contributed by atoms with Crippen LogP contribution in [0.2, 0.25) is 0 Å². The molecule has 5 nitrogen and oxygen atoms in total. The zero-order chi connectivity index (χ0) is 13.5. The summed E-state index contributed by atoms with van der Waals surface area (Å²) < 4.78 is 2.19. The van der Waals surface area contributed by atoms with Gasteiger partial charge in [0.15, 0.2) is 11.0 Å². The van der Waals surface area contributed by atoms with E-state index in [-0.39, 0.29) is 5.54 Å². The highest BCUT2D eigenvalue weighted by Gasteiger charge is 2.27. The van der Waals surface area contributed by atoms with Crippen LogP contribution in [0.25, 0.3) is 0 Å². The summed E-state index contributed by atoms with van der Waals surface area (Å²) >= 11 is 1.70. The van der Waals surface area contributed by atoms with Gasteiger partial charge in [-0.1, -0.05) is 11.8 Å². The standard InChI is InChI=1S/C13H19N5S/c1-13(2,3)18-7-6-14-12(18)19-8-10-15-11(17-16-10)9-4-5-9/h6-7,9H,4-5,8H2,1-3H3,(H,15,16,17). The summed E-state index contributed by atoms with van der Waals surface area (Å²) in [4.78, 5) is 8.95. The Bertz CT molecular complexity index is 562. The van der Waals surface area contributed by atoms with Crippen molar-refractivity contribution in [3.63, 3.8) is 0 Å². The lowest BCUT2D eigenvalue weighted by molar-refractivity contribution is 0.367. The fraction of sp³-hybridized carbons (Fsp3) is 0.615. The largest absolute Gasteiger partial charge is 0.321 e. The Labute approximate surface area is 117 Å². The summed E-state index contributed by atoms with van der Waals surface area (Å²) in [7, 11) is 0. The lowest BCUT2D eigenvalue weighted by atomic mass is 10.1. The Morgan fingerprint density at radius 1 is 1.42 bits per heavy atom. The van der Waals surface area contributed by atoms with Crippen LogP contribution >= 0.6 is 11.8 Å². The smallest absolute Gasteiger partial charge is 0.168 e. The summed E-state index contributed by atoms with van der Waals surface area (Å²) in [6.45, 7) is 6.54. The number of aromatic nitrogens is 5.